The Morgan fingerprint density at radius 2 is 2.15 bits per heavy atom. The molecule has 1 amide bonds. The van der Waals surface area contributed by atoms with E-state index in [1.54, 1.807) is 6.92 Å². The molecular weight excluding hydrogens is 329 g/mol. The molecule has 0 spiro atoms. The molecule has 1 aliphatic rings. The summed E-state index contributed by atoms with van der Waals surface area (Å²) in [4.78, 5) is 25.2. The maximum atomic E-state index is 13.0. The molecule has 108 valence electrons. The number of aliphatic carboxylic acids is 1. The number of nitrogens with zero attached hydrogens (tertiary/aromatic N) is 1. The number of likely N-dealkylation sites (tertiary alicyclic amines) is 1. The molecule has 1 fully saturated rings. The van der Waals surface area contributed by atoms with Gasteiger partial charge in [0.15, 0.2) is 0 Å². The number of carbonyl (C=O) groups is 2. The summed E-state index contributed by atoms with van der Waals surface area (Å²) in [6, 6.07) is 3.86. The Morgan fingerprint density at radius 3 is 2.75 bits per heavy atom. The fraction of sp³-hybridized carbons (Fsp3) is 0.429. The van der Waals surface area contributed by atoms with Crippen molar-refractivity contribution in [1.82, 2.24) is 4.90 Å². The molecule has 0 bridgehead atoms. The molecule has 1 aliphatic heterocycles. The summed E-state index contributed by atoms with van der Waals surface area (Å²) in [5, 5.41) is 9.26. The molecule has 1 atom stereocenters. The molecule has 0 saturated carbocycles. The molecule has 4 nitrogen and oxygen atoms in total. The summed E-state index contributed by atoms with van der Waals surface area (Å²) in [6.07, 6.45) is 1.20. The van der Waals surface area contributed by atoms with Crippen molar-refractivity contribution in [1.29, 1.82) is 0 Å². The topological polar surface area (TPSA) is 57.6 Å². The van der Waals surface area contributed by atoms with E-state index in [-0.39, 0.29) is 12.5 Å². The van der Waals surface area contributed by atoms with E-state index in [1.165, 1.54) is 23.1 Å². The van der Waals surface area contributed by atoms with E-state index < -0.39 is 17.2 Å². The maximum absolute atomic E-state index is 13.0. The molecule has 1 saturated heterocycles. The van der Waals surface area contributed by atoms with Gasteiger partial charge in [-0.25, -0.2) is 4.39 Å². The monoisotopic (exact) mass is 343 g/mol. The SMILES string of the molecule is CC1(C(=O)O)CCCN(C(=O)c2ccc(F)cc2Br)C1. The van der Waals surface area contributed by atoms with E-state index in [0.717, 1.165) is 0 Å². The van der Waals surface area contributed by atoms with Gasteiger partial charge in [-0.3, -0.25) is 9.59 Å². The summed E-state index contributed by atoms with van der Waals surface area (Å²) in [6.45, 7) is 2.34. The Balaban J connectivity index is 2.23. The van der Waals surface area contributed by atoms with Crippen LogP contribution in [0.1, 0.15) is 30.1 Å². The largest absolute Gasteiger partial charge is 0.481 e. The second-order valence-electron chi connectivity index (χ2n) is 5.32. The van der Waals surface area contributed by atoms with Gasteiger partial charge in [-0.05, 0) is 53.9 Å². The van der Waals surface area contributed by atoms with Gasteiger partial charge in [-0.2, -0.15) is 0 Å². The third-order valence-electron chi connectivity index (χ3n) is 3.66. The molecule has 1 heterocycles. The molecule has 1 aromatic rings. The molecule has 0 aromatic heterocycles. The highest BCUT2D eigenvalue weighted by Gasteiger charge is 2.39. The van der Waals surface area contributed by atoms with Crippen molar-refractivity contribution in [3.63, 3.8) is 0 Å². The molecule has 20 heavy (non-hydrogen) atoms. The summed E-state index contributed by atoms with van der Waals surface area (Å²) in [7, 11) is 0. The smallest absolute Gasteiger partial charge is 0.311 e. The number of carboxylic acid groups (broad SMARTS) is 1. The number of rotatable bonds is 2. The van der Waals surface area contributed by atoms with Crippen molar-refractivity contribution in [3.8, 4) is 0 Å². The molecule has 0 aliphatic carbocycles. The minimum Gasteiger partial charge on any atom is -0.481 e. The number of hydrogen-bond donors (Lipinski definition) is 1. The summed E-state index contributed by atoms with van der Waals surface area (Å²) < 4.78 is 13.4. The van der Waals surface area contributed by atoms with Crippen molar-refractivity contribution in [2.45, 2.75) is 19.8 Å². The van der Waals surface area contributed by atoms with Gasteiger partial charge >= 0.3 is 5.97 Å². The van der Waals surface area contributed by atoms with Gasteiger partial charge < -0.3 is 10.0 Å². The second kappa shape index (κ2) is 5.52. The fourth-order valence-electron chi connectivity index (χ4n) is 2.42. The molecule has 2 rings (SSSR count). The zero-order valence-electron chi connectivity index (χ0n) is 11.0. The fourth-order valence-corrected chi connectivity index (χ4v) is 2.94. The number of carboxylic acids is 1. The van der Waals surface area contributed by atoms with E-state index >= 15 is 0 Å². The highest BCUT2D eigenvalue weighted by Crippen LogP contribution is 2.31. The van der Waals surface area contributed by atoms with Crippen LogP contribution >= 0.6 is 15.9 Å². The lowest BCUT2D eigenvalue weighted by atomic mass is 9.82. The van der Waals surface area contributed by atoms with Crippen LogP contribution in [-0.2, 0) is 4.79 Å². The van der Waals surface area contributed by atoms with Gasteiger partial charge in [0, 0.05) is 17.6 Å². The number of piperidine rings is 1. The molecule has 1 unspecified atom stereocenters. The average Bonchev–Trinajstić information content (AvgIpc) is 2.38. The normalized spacial score (nSPS) is 22.6. The first-order chi connectivity index (χ1) is 9.33. The number of hydrogen-bond acceptors (Lipinski definition) is 2. The summed E-state index contributed by atoms with van der Waals surface area (Å²) in [5.74, 6) is -1.60. The van der Waals surface area contributed by atoms with Crippen molar-refractivity contribution in [2.75, 3.05) is 13.1 Å². The van der Waals surface area contributed by atoms with Gasteiger partial charge in [-0.15, -0.1) is 0 Å². The van der Waals surface area contributed by atoms with Gasteiger partial charge in [0.05, 0.1) is 11.0 Å². The predicted octanol–water partition coefficient (Wildman–Crippen LogP) is 2.92. The van der Waals surface area contributed by atoms with E-state index in [9.17, 15) is 19.1 Å². The first-order valence-corrected chi connectivity index (χ1v) is 7.10. The van der Waals surface area contributed by atoms with E-state index in [2.05, 4.69) is 15.9 Å². The standard InChI is InChI=1S/C14H15BrFNO3/c1-14(13(19)20)5-2-6-17(8-14)12(18)10-4-3-9(16)7-11(10)15/h3-4,7H,2,5-6,8H2,1H3,(H,19,20). The predicted molar refractivity (Wildman–Crippen MR) is 75.0 cm³/mol. The Labute approximate surface area is 124 Å². The van der Waals surface area contributed by atoms with Crippen LogP contribution in [0.3, 0.4) is 0 Å². The minimum atomic E-state index is -0.916. The summed E-state index contributed by atoms with van der Waals surface area (Å²) >= 11 is 3.17. The third-order valence-corrected chi connectivity index (χ3v) is 4.32. The van der Waals surface area contributed by atoms with Gasteiger partial charge in [0.25, 0.3) is 5.91 Å². The van der Waals surface area contributed by atoms with Crippen LogP contribution in [0.25, 0.3) is 0 Å². The van der Waals surface area contributed by atoms with Gasteiger partial charge in [0.1, 0.15) is 5.82 Å². The number of halogens is 2. The second-order valence-corrected chi connectivity index (χ2v) is 6.17. The zero-order chi connectivity index (χ0) is 14.9. The molecule has 0 radical (unpaired) electrons. The Hall–Kier alpha value is -1.43. The quantitative estimate of drug-likeness (QED) is 0.898. The van der Waals surface area contributed by atoms with Crippen LogP contribution in [0.5, 0.6) is 0 Å². The van der Waals surface area contributed by atoms with Crippen LogP contribution in [0.15, 0.2) is 22.7 Å². The van der Waals surface area contributed by atoms with Crippen LogP contribution in [0.4, 0.5) is 4.39 Å². The highest BCUT2D eigenvalue weighted by atomic mass is 79.9. The van der Waals surface area contributed by atoms with Crippen LogP contribution in [-0.4, -0.2) is 35.0 Å². The maximum Gasteiger partial charge on any atom is 0.311 e. The van der Waals surface area contributed by atoms with E-state index in [0.29, 0.717) is 29.4 Å². The minimum absolute atomic E-state index is 0.172. The molecule has 1 aromatic carbocycles. The lowest BCUT2D eigenvalue weighted by molar-refractivity contribution is -0.150. The Kier molecular flexibility index (Phi) is 4.13. The third kappa shape index (κ3) is 2.85. The van der Waals surface area contributed by atoms with Gasteiger partial charge in [-0.1, -0.05) is 0 Å². The highest BCUT2D eigenvalue weighted by molar-refractivity contribution is 9.10. The zero-order valence-corrected chi connectivity index (χ0v) is 12.6. The average molecular weight is 344 g/mol. The number of amides is 1. The number of benzene rings is 1. The first-order valence-electron chi connectivity index (χ1n) is 6.31. The van der Waals surface area contributed by atoms with Crippen molar-refractivity contribution < 1.29 is 19.1 Å². The van der Waals surface area contributed by atoms with Crippen molar-refractivity contribution in [3.05, 3.63) is 34.1 Å². The van der Waals surface area contributed by atoms with Crippen molar-refractivity contribution >= 4 is 27.8 Å². The first kappa shape index (κ1) is 15.0. The van der Waals surface area contributed by atoms with Crippen LogP contribution < -0.4 is 0 Å². The number of carbonyl (C=O) groups excluding carboxylic acids is 1. The lowest BCUT2D eigenvalue weighted by Gasteiger charge is -2.37. The van der Waals surface area contributed by atoms with E-state index in [4.69, 9.17) is 0 Å². The van der Waals surface area contributed by atoms with E-state index in [1.807, 2.05) is 0 Å². The van der Waals surface area contributed by atoms with Crippen LogP contribution in [0.2, 0.25) is 0 Å². The Bertz CT molecular complexity index is 563. The summed E-state index contributed by atoms with van der Waals surface area (Å²) in [5.41, 5.74) is -0.568. The molecular formula is C14H15BrFNO3. The van der Waals surface area contributed by atoms with Crippen molar-refractivity contribution in [2.24, 2.45) is 5.41 Å². The lowest BCUT2D eigenvalue weighted by Crippen LogP contribution is -2.48. The molecule has 6 heteroatoms. The van der Waals surface area contributed by atoms with Gasteiger partial charge in [0.2, 0.25) is 0 Å². The molecule has 1 N–H and O–H groups in total. The van der Waals surface area contributed by atoms with Crippen LogP contribution in [0, 0.1) is 11.2 Å². The Morgan fingerprint density at radius 1 is 1.45 bits per heavy atom.